The molecule has 7 heteroatoms. The molecule has 5 aromatic rings. The lowest BCUT2D eigenvalue weighted by Crippen LogP contribution is -2.26. The first-order valence-electron chi connectivity index (χ1n) is 11.6. The van der Waals surface area contributed by atoms with Gasteiger partial charge in [-0.3, -0.25) is 9.69 Å². The van der Waals surface area contributed by atoms with Gasteiger partial charge < -0.3 is 11.5 Å². The lowest BCUT2D eigenvalue weighted by molar-refractivity contribution is 0.100. The van der Waals surface area contributed by atoms with Crippen molar-refractivity contribution in [2.24, 2.45) is 0 Å². The number of amides is 1. The van der Waals surface area contributed by atoms with Crippen molar-refractivity contribution in [3.8, 4) is 17.2 Å². The fourth-order valence-electron chi connectivity index (χ4n) is 4.94. The number of anilines is 4. The number of nitrogens with two attached hydrogens (primary N) is 2. The topological polar surface area (TPSA) is 109 Å². The van der Waals surface area contributed by atoms with Crippen LogP contribution in [-0.2, 0) is 12.8 Å². The Kier molecular flexibility index (Phi) is 5.17. The minimum absolute atomic E-state index is 0.120. The number of carbonyl (C=O) groups excluding carboxylic acids is 1. The third kappa shape index (κ3) is 3.31. The van der Waals surface area contributed by atoms with E-state index in [9.17, 15) is 10.1 Å². The van der Waals surface area contributed by atoms with Gasteiger partial charge in [-0.25, -0.2) is 4.98 Å². The van der Waals surface area contributed by atoms with Crippen molar-refractivity contribution in [3.05, 3.63) is 100 Å². The molecule has 1 aliphatic heterocycles. The summed E-state index contributed by atoms with van der Waals surface area (Å²) in [5.41, 5.74) is 18.7. The highest BCUT2D eigenvalue weighted by Gasteiger charge is 2.31. The highest BCUT2D eigenvalue weighted by molar-refractivity contribution is 7.21. The number of fused-ring (bicyclic) bond motifs is 3. The molecule has 0 saturated heterocycles. The smallest absolute Gasteiger partial charge is 0.275 e. The number of hydrogen-bond donors (Lipinski definition) is 2. The predicted octanol–water partition coefficient (Wildman–Crippen LogP) is 6.08. The summed E-state index contributed by atoms with van der Waals surface area (Å²) in [4.78, 5) is 21.4. The molecule has 6 nitrogen and oxygen atoms in total. The van der Waals surface area contributed by atoms with E-state index in [1.165, 1.54) is 11.3 Å². The molecule has 3 aromatic carbocycles. The van der Waals surface area contributed by atoms with Crippen molar-refractivity contribution < 1.29 is 4.79 Å². The van der Waals surface area contributed by atoms with Crippen LogP contribution in [0.25, 0.3) is 21.3 Å². The predicted molar refractivity (Wildman–Crippen MR) is 145 cm³/mol. The normalized spacial score (nSPS) is 12.5. The second-order valence-electron chi connectivity index (χ2n) is 8.65. The van der Waals surface area contributed by atoms with Gasteiger partial charge in [0.25, 0.3) is 5.91 Å². The molecule has 0 unspecified atom stereocenters. The summed E-state index contributed by atoms with van der Waals surface area (Å²) in [6.07, 6.45) is 1.67. The van der Waals surface area contributed by atoms with Crippen LogP contribution < -0.4 is 16.4 Å². The number of nitrogens with zero attached hydrogens (tertiary/aromatic N) is 3. The Bertz CT molecular complexity index is 1650. The SMILES string of the molecule is N#Cc1c(N)nc2sc(C(=O)N3c4ccccc4CCc4ccccc43)c(N)c2c1-c1ccccc1. The van der Waals surface area contributed by atoms with Gasteiger partial charge in [0.05, 0.1) is 17.1 Å². The molecule has 0 aliphatic carbocycles. The number of rotatable bonds is 2. The number of para-hydroxylation sites is 2. The quantitative estimate of drug-likeness (QED) is 0.314. The summed E-state index contributed by atoms with van der Waals surface area (Å²) >= 11 is 1.21. The number of benzene rings is 3. The van der Waals surface area contributed by atoms with Gasteiger partial charge >= 0.3 is 0 Å². The van der Waals surface area contributed by atoms with E-state index in [1.54, 1.807) is 4.90 Å². The highest BCUT2D eigenvalue weighted by atomic mass is 32.1. The van der Waals surface area contributed by atoms with Crippen LogP contribution in [-0.4, -0.2) is 10.9 Å². The number of pyridine rings is 1. The second kappa shape index (κ2) is 8.52. The molecule has 0 saturated carbocycles. The molecule has 2 aromatic heterocycles. The van der Waals surface area contributed by atoms with Gasteiger partial charge in [-0.2, -0.15) is 5.26 Å². The van der Waals surface area contributed by atoms with Crippen molar-refractivity contribution in [2.45, 2.75) is 12.8 Å². The van der Waals surface area contributed by atoms with E-state index in [1.807, 2.05) is 66.7 Å². The van der Waals surface area contributed by atoms with Crippen LogP contribution in [0, 0.1) is 11.3 Å². The fourth-order valence-corrected chi connectivity index (χ4v) is 5.98. The third-order valence-corrected chi connectivity index (χ3v) is 7.69. The van der Waals surface area contributed by atoms with Crippen LogP contribution in [0.1, 0.15) is 26.4 Å². The zero-order chi connectivity index (χ0) is 24.8. The van der Waals surface area contributed by atoms with E-state index in [4.69, 9.17) is 11.5 Å². The average molecular weight is 488 g/mol. The van der Waals surface area contributed by atoms with Crippen LogP contribution in [0.15, 0.2) is 78.9 Å². The summed E-state index contributed by atoms with van der Waals surface area (Å²) in [6.45, 7) is 0. The number of aromatic nitrogens is 1. The Morgan fingerprint density at radius 3 is 2.08 bits per heavy atom. The minimum atomic E-state index is -0.228. The van der Waals surface area contributed by atoms with Gasteiger partial charge in [0.15, 0.2) is 0 Å². The first kappa shape index (κ1) is 21.8. The molecule has 1 amide bonds. The summed E-state index contributed by atoms with van der Waals surface area (Å²) in [5, 5.41) is 10.5. The zero-order valence-corrected chi connectivity index (χ0v) is 20.0. The molecule has 36 heavy (non-hydrogen) atoms. The first-order valence-corrected chi connectivity index (χ1v) is 12.4. The van der Waals surface area contributed by atoms with Gasteiger partial charge in [-0.1, -0.05) is 66.7 Å². The first-order chi connectivity index (χ1) is 17.6. The molecule has 3 heterocycles. The van der Waals surface area contributed by atoms with Crippen LogP contribution in [0.2, 0.25) is 0 Å². The van der Waals surface area contributed by atoms with Crippen molar-refractivity contribution in [1.82, 2.24) is 4.98 Å². The summed E-state index contributed by atoms with van der Waals surface area (Å²) in [6, 6.07) is 27.6. The van der Waals surface area contributed by atoms with E-state index in [-0.39, 0.29) is 17.3 Å². The summed E-state index contributed by atoms with van der Waals surface area (Å²) in [5.74, 6) is -0.108. The molecule has 1 aliphatic rings. The number of carbonyl (C=O) groups is 1. The number of thiophene rings is 1. The number of nitrogen functional groups attached to an aromatic ring is 2. The maximum absolute atomic E-state index is 14.3. The molecule has 0 atom stereocenters. The molecule has 0 bridgehead atoms. The molecule has 0 spiro atoms. The fraction of sp³-hybridized carbons (Fsp3) is 0.0690. The lowest BCUT2D eigenvalue weighted by atomic mass is 9.97. The molecule has 0 fully saturated rings. The zero-order valence-electron chi connectivity index (χ0n) is 19.2. The van der Waals surface area contributed by atoms with Gasteiger partial charge in [0, 0.05) is 10.9 Å². The molecule has 0 radical (unpaired) electrons. The summed E-state index contributed by atoms with van der Waals surface area (Å²) < 4.78 is 0. The molecular weight excluding hydrogens is 466 g/mol. The van der Waals surface area contributed by atoms with Crippen molar-refractivity contribution in [3.63, 3.8) is 0 Å². The Morgan fingerprint density at radius 2 is 1.47 bits per heavy atom. The molecule has 174 valence electrons. The lowest BCUT2D eigenvalue weighted by Gasteiger charge is -2.24. The Labute approximate surface area is 212 Å². The van der Waals surface area contributed by atoms with Gasteiger partial charge in [0.2, 0.25) is 0 Å². The maximum Gasteiger partial charge on any atom is 0.275 e. The molecule has 4 N–H and O–H groups in total. The number of aryl methyl sites for hydroxylation is 2. The van der Waals surface area contributed by atoms with Gasteiger partial charge in [0.1, 0.15) is 27.2 Å². The minimum Gasteiger partial charge on any atom is -0.397 e. The van der Waals surface area contributed by atoms with Gasteiger partial charge in [-0.05, 0) is 41.7 Å². The third-order valence-electron chi connectivity index (χ3n) is 6.61. The number of nitriles is 1. The maximum atomic E-state index is 14.3. The molecular formula is C29H21N5OS. The second-order valence-corrected chi connectivity index (χ2v) is 9.65. The summed E-state index contributed by atoms with van der Waals surface area (Å²) in [7, 11) is 0. The van der Waals surface area contributed by atoms with E-state index in [0.29, 0.717) is 26.3 Å². The van der Waals surface area contributed by atoms with Gasteiger partial charge in [-0.15, -0.1) is 11.3 Å². The Hall–Kier alpha value is -4.67. The Balaban J connectivity index is 1.61. The van der Waals surface area contributed by atoms with Crippen LogP contribution in [0.3, 0.4) is 0 Å². The van der Waals surface area contributed by atoms with Crippen LogP contribution in [0.5, 0.6) is 0 Å². The van der Waals surface area contributed by atoms with E-state index in [2.05, 4.69) is 23.2 Å². The average Bonchev–Trinajstić information content (AvgIpc) is 3.13. The van der Waals surface area contributed by atoms with E-state index in [0.717, 1.165) is 40.9 Å². The Morgan fingerprint density at radius 1 is 0.889 bits per heavy atom. The van der Waals surface area contributed by atoms with E-state index >= 15 is 0 Å². The van der Waals surface area contributed by atoms with Crippen molar-refractivity contribution >= 4 is 50.3 Å². The highest BCUT2D eigenvalue weighted by Crippen LogP contribution is 2.45. The number of hydrogen-bond acceptors (Lipinski definition) is 6. The molecule has 6 rings (SSSR count). The monoisotopic (exact) mass is 487 g/mol. The van der Waals surface area contributed by atoms with Crippen molar-refractivity contribution in [2.75, 3.05) is 16.4 Å². The van der Waals surface area contributed by atoms with Crippen LogP contribution in [0.4, 0.5) is 22.9 Å². The standard InChI is InChI=1S/C29H21N5OS/c30-16-20-23(19-10-2-1-3-11-19)24-25(31)26(36-28(24)33-27(20)32)29(35)34-21-12-6-4-8-17(21)14-15-18-9-5-7-13-22(18)34/h1-13H,14-15,31H2,(H2,32,33). The largest absolute Gasteiger partial charge is 0.397 e. The van der Waals surface area contributed by atoms with E-state index < -0.39 is 0 Å². The van der Waals surface area contributed by atoms with Crippen LogP contribution >= 0.6 is 11.3 Å². The van der Waals surface area contributed by atoms with Crippen molar-refractivity contribution in [1.29, 1.82) is 5.26 Å².